The molecule has 1 unspecified atom stereocenters. The van der Waals surface area contributed by atoms with Crippen LogP contribution in [0.2, 0.25) is 0 Å². The van der Waals surface area contributed by atoms with E-state index in [0.29, 0.717) is 17.8 Å². The Morgan fingerprint density at radius 3 is 2.84 bits per heavy atom. The number of hydrogen-bond donors (Lipinski definition) is 2. The third-order valence-corrected chi connectivity index (χ3v) is 3.82. The van der Waals surface area contributed by atoms with Crippen LogP contribution < -0.4 is 5.32 Å². The molecule has 0 spiro atoms. The quantitative estimate of drug-likeness (QED) is 0.828. The number of carboxylic acids is 1. The van der Waals surface area contributed by atoms with E-state index in [9.17, 15) is 14.4 Å². The minimum absolute atomic E-state index is 0.0573. The van der Waals surface area contributed by atoms with Crippen LogP contribution in [0.4, 0.5) is 0 Å². The molecule has 0 radical (unpaired) electrons. The van der Waals surface area contributed by atoms with Crippen molar-refractivity contribution in [3.05, 3.63) is 22.4 Å². The minimum Gasteiger partial charge on any atom is -0.479 e. The second-order valence-corrected chi connectivity index (χ2v) is 5.25. The lowest BCUT2D eigenvalue weighted by Crippen LogP contribution is -2.41. The highest BCUT2D eigenvalue weighted by Crippen LogP contribution is 2.19. The van der Waals surface area contributed by atoms with Crippen molar-refractivity contribution in [3.8, 4) is 0 Å². The number of carbonyl (C=O) groups is 3. The molecule has 19 heavy (non-hydrogen) atoms. The summed E-state index contributed by atoms with van der Waals surface area (Å²) in [7, 11) is 0. The Morgan fingerprint density at radius 1 is 1.53 bits per heavy atom. The standard InChI is InChI=1S/C12H14N2O4S/c15-9(7-14-5-1-4-10(14)16)13-11(12(17)18)8-3-2-6-19-8/h2-3,6,11H,1,4-5,7H2,(H,13,15)(H,17,18). The molecule has 1 aromatic heterocycles. The zero-order valence-electron chi connectivity index (χ0n) is 10.2. The molecule has 1 aromatic rings. The Labute approximate surface area is 114 Å². The highest BCUT2D eigenvalue weighted by Gasteiger charge is 2.26. The van der Waals surface area contributed by atoms with Gasteiger partial charge < -0.3 is 15.3 Å². The molecule has 2 N–H and O–H groups in total. The lowest BCUT2D eigenvalue weighted by molar-refractivity contribution is -0.142. The fraction of sp³-hybridized carbons (Fsp3) is 0.417. The van der Waals surface area contributed by atoms with Gasteiger partial charge in [0.2, 0.25) is 11.8 Å². The Bertz CT molecular complexity index is 486. The normalized spacial score (nSPS) is 16.4. The first-order valence-electron chi connectivity index (χ1n) is 5.91. The van der Waals surface area contributed by atoms with Crippen LogP contribution >= 0.6 is 11.3 Å². The molecule has 0 aromatic carbocycles. The van der Waals surface area contributed by atoms with E-state index in [1.165, 1.54) is 16.2 Å². The van der Waals surface area contributed by atoms with Gasteiger partial charge in [-0.05, 0) is 17.9 Å². The highest BCUT2D eigenvalue weighted by atomic mass is 32.1. The summed E-state index contributed by atoms with van der Waals surface area (Å²) in [5.74, 6) is -1.61. The van der Waals surface area contributed by atoms with Gasteiger partial charge in [-0.2, -0.15) is 0 Å². The molecular weight excluding hydrogens is 268 g/mol. The van der Waals surface area contributed by atoms with Crippen molar-refractivity contribution in [2.45, 2.75) is 18.9 Å². The molecule has 1 atom stereocenters. The maximum absolute atomic E-state index is 11.8. The Kier molecular flexibility index (Phi) is 4.16. The number of thiophene rings is 1. The molecule has 1 aliphatic heterocycles. The molecule has 0 aliphatic carbocycles. The zero-order chi connectivity index (χ0) is 13.8. The molecule has 2 amide bonds. The van der Waals surface area contributed by atoms with E-state index in [1.807, 2.05) is 0 Å². The third-order valence-electron chi connectivity index (χ3n) is 2.89. The highest BCUT2D eigenvalue weighted by molar-refractivity contribution is 7.10. The molecule has 1 saturated heterocycles. The number of aliphatic carboxylic acids is 1. The van der Waals surface area contributed by atoms with Gasteiger partial charge in [0.25, 0.3) is 0 Å². The molecule has 2 heterocycles. The predicted molar refractivity (Wildman–Crippen MR) is 68.7 cm³/mol. The Hall–Kier alpha value is -1.89. The second kappa shape index (κ2) is 5.83. The summed E-state index contributed by atoms with van der Waals surface area (Å²) in [5.41, 5.74) is 0. The number of amides is 2. The summed E-state index contributed by atoms with van der Waals surface area (Å²) in [4.78, 5) is 36.3. The van der Waals surface area contributed by atoms with Crippen LogP contribution in [-0.2, 0) is 14.4 Å². The van der Waals surface area contributed by atoms with Gasteiger partial charge in [0, 0.05) is 17.8 Å². The second-order valence-electron chi connectivity index (χ2n) is 4.27. The van der Waals surface area contributed by atoms with Crippen LogP contribution in [-0.4, -0.2) is 40.9 Å². The van der Waals surface area contributed by atoms with Gasteiger partial charge in [0.1, 0.15) is 0 Å². The predicted octanol–water partition coefficient (Wildman–Crippen LogP) is 0.612. The maximum atomic E-state index is 11.8. The smallest absolute Gasteiger partial charge is 0.331 e. The number of carbonyl (C=O) groups excluding carboxylic acids is 2. The first-order valence-corrected chi connectivity index (χ1v) is 6.79. The fourth-order valence-electron chi connectivity index (χ4n) is 1.96. The van der Waals surface area contributed by atoms with Crippen LogP contribution in [0.5, 0.6) is 0 Å². The van der Waals surface area contributed by atoms with E-state index in [4.69, 9.17) is 5.11 Å². The lowest BCUT2D eigenvalue weighted by atomic mass is 10.2. The number of nitrogens with one attached hydrogen (secondary N) is 1. The number of carboxylic acid groups (broad SMARTS) is 1. The van der Waals surface area contributed by atoms with E-state index in [1.54, 1.807) is 17.5 Å². The van der Waals surface area contributed by atoms with Gasteiger partial charge in [0.15, 0.2) is 6.04 Å². The van der Waals surface area contributed by atoms with Crippen LogP contribution in [0.3, 0.4) is 0 Å². The molecule has 102 valence electrons. The largest absolute Gasteiger partial charge is 0.479 e. The molecule has 1 fully saturated rings. The average Bonchev–Trinajstić information content (AvgIpc) is 2.98. The summed E-state index contributed by atoms with van der Waals surface area (Å²) in [6.45, 7) is 0.483. The third kappa shape index (κ3) is 3.31. The minimum atomic E-state index is -1.11. The average molecular weight is 282 g/mol. The van der Waals surface area contributed by atoms with E-state index < -0.39 is 17.9 Å². The van der Waals surface area contributed by atoms with Gasteiger partial charge in [-0.15, -0.1) is 11.3 Å². The van der Waals surface area contributed by atoms with Crippen molar-refractivity contribution in [1.82, 2.24) is 10.2 Å². The van der Waals surface area contributed by atoms with Gasteiger partial charge in [-0.25, -0.2) is 4.79 Å². The molecule has 0 bridgehead atoms. The van der Waals surface area contributed by atoms with Crippen molar-refractivity contribution >= 4 is 29.1 Å². The summed E-state index contributed by atoms with van der Waals surface area (Å²) < 4.78 is 0. The van der Waals surface area contributed by atoms with Crippen molar-refractivity contribution in [2.24, 2.45) is 0 Å². The topological polar surface area (TPSA) is 86.7 Å². The van der Waals surface area contributed by atoms with Crippen molar-refractivity contribution < 1.29 is 19.5 Å². The molecule has 6 nitrogen and oxygen atoms in total. The Morgan fingerprint density at radius 2 is 2.32 bits per heavy atom. The van der Waals surface area contributed by atoms with Crippen LogP contribution in [0.25, 0.3) is 0 Å². The van der Waals surface area contributed by atoms with Crippen LogP contribution in [0.1, 0.15) is 23.8 Å². The van der Waals surface area contributed by atoms with Crippen molar-refractivity contribution in [3.63, 3.8) is 0 Å². The van der Waals surface area contributed by atoms with Gasteiger partial charge >= 0.3 is 5.97 Å². The van der Waals surface area contributed by atoms with Gasteiger partial charge in [-0.3, -0.25) is 9.59 Å². The first kappa shape index (κ1) is 13.5. The molecule has 7 heteroatoms. The van der Waals surface area contributed by atoms with Gasteiger partial charge in [0.05, 0.1) is 6.54 Å². The number of likely N-dealkylation sites (tertiary alicyclic amines) is 1. The molecular formula is C12H14N2O4S. The summed E-state index contributed by atoms with van der Waals surface area (Å²) in [6, 6.07) is 2.34. The lowest BCUT2D eigenvalue weighted by Gasteiger charge is -2.17. The number of nitrogens with zero attached hydrogens (tertiary/aromatic N) is 1. The SMILES string of the molecule is O=C(CN1CCCC1=O)NC(C(=O)O)c1cccs1. The van der Waals surface area contributed by atoms with E-state index >= 15 is 0 Å². The molecule has 1 aliphatic rings. The van der Waals surface area contributed by atoms with E-state index in [2.05, 4.69) is 5.32 Å². The van der Waals surface area contributed by atoms with E-state index in [0.717, 1.165) is 6.42 Å². The summed E-state index contributed by atoms with van der Waals surface area (Å²) in [5, 5.41) is 13.3. The summed E-state index contributed by atoms with van der Waals surface area (Å²) in [6.07, 6.45) is 1.21. The fourth-order valence-corrected chi connectivity index (χ4v) is 2.73. The first-order chi connectivity index (χ1) is 9.08. The van der Waals surface area contributed by atoms with E-state index in [-0.39, 0.29) is 12.5 Å². The van der Waals surface area contributed by atoms with Crippen molar-refractivity contribution in [2.75, 3.05) is 13.1 Å². The van der Waals surface area contributed by atoms with Crippen molar-refractivity contribution in [1.29, 1.82) is 0 Å². The van der Waals surface area contributed by atoms with Crippen LogP contribution in [0.15, 0.2) is 17.5 Å². The monoisotopic (exact) mass is 282 g/mol. The number of rotatable bonds is 5. The molecule has 2 rings (SSSR count). The maximum Gasteiger partial charge on any atom is 0.331 e. The number of hydrogen-bond acceptors (Lipinski definition) is 4. The zero-order valence-corrected chi connectivity index (χ0v) is 11.0. The Balaban J connectivity index is 1.96. The van der Waals surface area contributed by atoms with Crippen LogP contribution in [0, 0.1) is 0 Å². The molecule has 0 saturated carbocycles. The van der Waals surface area contributed by atoms with Gasteiger partial charge in [-0.1, -0.05) is 6.07 Å². The summed E-state index contributed by atoms with van der Waals surface area (Å²) >= 11 is 1.27.